The Kier molecular flexibility index (Phi) is 5.95. The van der Waals surface area contributed by atoms with Crippen molar-refractivity contribution in [3.05, 3.63) is 0 Å². The van der Waals surface area contributed by atoms with Gasteiger partial charge in [0.15, 0.2) is 0 Å². The molecule has 1 atom stereocenters. The molecule has 7 heteroatoms. The molecule has 0 radical (unpaired) electrons. The molecule has 0 aliphatic heterocycles. The van der Waals surface area contributed by atoms with Crippen LogP contribution in [0.5, 0.6) is 0 Å². The number of nitrogens with zero attached hydrogens (tertiary/aromatic N) is 2. The van der Waals surface area contributed by atoms with Gasteiger partial charge in [-0.1, -0.05) is 6.92 Å². The average Bonchev–Trinajstić information content (AvgIpc) is 2.02. The molecule has 3 N–H and O–H groups in total. The van der Waals surface area contributed by atoms with Crippen LogP contribution in [0.3, 0.4) is 0 Å². The van der Waals surface area contributed by atoms with Crippen molar-refractivity contribution >= 4 is 13.4 Å². The van der Waals surface area contributed by atoms with E-state index in [1.807, 2.05) is 18.9 Å². The first kappa shape index (κ1) is 13.6. The lowest BCUT2D eigenvalue weighted by molar-refractivity contribution is 0.237. The van der Waals surface area contributed by atoms with Gasteiger partial charge in [-0.15, -0.1) is 0 Å². The summed E-state index contributed by atoms with van der Waals surface area (Å²) in [5.74, 6) is 0.150. The molecular weight excluding hydrogens is 205 g/mol. The smallest absolute Gasteiger partial charge is 0.338 e. The Morgan fingerprint density at radius 2 is 2.29 bits per heavy atom. The normalized spacial score (nSPS) is 17.1. The topological polar surface area (TPSA) is 88.2 Å². The van der Waals surface area contributed by atoms with Crippen LogP contribution in [-0.2, 0) is 9.30 Å². The molecule has 0 aromatic heterocycles. The highest BCUT2D eigenvalue weighted by molar-refractivity contribution is 7.56. The van der Waals surface area contributed by atoms with Crippen LogP contribution in [0.1, 0.15) is 6.92 Å². The molecule has 0 saturated heterocycles. The average molecular weight is 223 g/mol. The van der Waals surface area contributed by atoms with E-state index in [1.54, 1.807) is 0 Å². The lowest BCUT2D eigenvalue weighted by Crippen LogP contribution is -2.30. The van der Waals surface area contributed by atoms with Crippen molar-refractivity contribution in [1.29, 1.82) is 0 Å². The second kappa shape index (κ2) is 6.14. The van der Waals surface area contributed by atoms with E-state index in [4.69, 9.17) is 5.73 Å². The molecule has 0 rings (SSSR count). The monoisotopic (exact) mass is 223 g/mol. The summed E-state index contributed by atoms with van der Waals surface area (Å²) in [5, 5.41) is 0. The number of methoxy groups -OCH3 is 1. The summed E-state index contributed by atoms with van der Waals surface area (Å²) in [6, 6.07) is 0. The molecule has 0 aromatic rings. The summed E-state index contributed by atoms with van der Waals surface area (Å²) in [7, 11) is -0.413. The molecule has 0 fully saturated rings. The minimum absolute atomic E-state index is 0.150. The maximum atomic E-state index is 11.2. The van der Waals surface area contributed by atoms with Gasteiger partial charge >= 0.3 is 7.52 Å². The van der Waals surface area contributed by atoms with Crippen LogP contribution in [0.2, 0.25) is 0 Å². The molecule has 84 valence electrons. The molecule has 0 aromatic carbocycles. The second-order valence-electron chi connectivity index (χ2n) is 3.00. The largest absolute Gasteiger partial charge is 0.386 e. The van der Waals surface area contributed by atoms with Gasteiger partial charge in [0.1, 0.15) is 12.2 Å². The Hall–Kier alpha value is -0.420. The fourth-order valence-electron chi connectivity index (χ4n) is 0.818. The summed E-state index contributed by atoms with van der Waals surface area (Å²) >= 11 is 0. The van der Waals surface area contributed by atoms with Crippen LogP contribution >= 0.6 is 7.52 Å². The molecule has 0 bridgehead atoms. The molecule has 6 nitrogen and oxygen atoms in total. The lowest BCUT2D eigenvalue weighted by atomic mass is 10.5. The van der Waals surface area contributed by atoms with Crippen molar-refractivity contribution in [3.8, 4) is 0 Å². The van der Waals surface area contributed by atoms with E-state index < -0.39 is 7.52 Å². The van der Waals surface area contributed by atoms with Crippen molar-refractivity contribution in [3.63, 3.8) is 0 Å². The Morgan fingerprint density at radius 3 is 2.71 bits per heavy atom. The third kappa shape index (κ3) is 6.10. The zero-order valence-corrected chi connectivity index (χ0v) is 9.70. The Bertz CT molecular complexity index is 244. The quantitative estimate of drug-likeness (QED) is 0.378. The van der Waals surface area contributed by atoms with E-state index in [1.165, 1.54) is 7.11 Å². The highest BCUT2D eigenvalue weighted by atomic mass is 31.2. The Morgan fingerprint density at radius 1 is 1.71 bits per heavy atom. The number of ether oxygens (including phenoxy) is 1. The van der Waals surface area contributed by atoms with Crippen molar-refractivity contribution < 1.29 is 14.2 Å². The van der Waals surface area contributed by atoms with Gasteiger partial charge in [0.25, 0.3) is 0 Å². The zero-order chi connectivity index (χ0) is 11.2. The van der Waals surface area contributed by atoms with Gasteiger partial charge in [0.05, 0.1) is 6.54 Å². The highest BCUT2D eigenvalue weighted by Gasteiger charge is 2.16. The molecule has 0 amide bonds. The fraction of sp³-hybridized carbons (Fsp3) is 0.857. The van der Waals surface area contributed by atoms with Gasteiger partial charge in [-0.2, -0.15) is 4.76 Å². The second-order valence-corrected chi connectivity index (χ2v) is 4.79. The van der Waals surface area contributed by atoms with E-state index in [0.717, 1.165) is 6.54 Å². The number of rotatable bonds is 6. The first-order chi connectivity index (χ1) is 6.41. The van der Waals surface area contributed by atoms with Crippen molar-refractivity contribution in [2.24, 2.45) is 10.5 Å². The predicted octanol–water partition coefficient (Wildman–Crippen LogP) is 0.0846. The van der Waals surface area contributed by atoms with Gasteiger partial charge in [-0.25, -0.2) is 0 Å². The molecule has 0 heterocycles. The molecule has 0 aliphatic carbocycles. The third-order valence-corrected chi connectivity index (χ3v) is 2.72. The van der Waals surface area contributed by atoms with Crippen molar-refractivity contribution in [2.75, 3.05) is 33.6 Å². The Balaban J connectivity index is 4.28. The summed E-state index contributed by atoms with van der Waals surface area (Å²) in [5.41, 5.74) is 5.49. The van der Waals surface area contributed by atoms with Crippen LogP contribution in [-0.4, -0.2) is 49.2 Å². The van der Waals surface area contributed by atoms with Crippen LogP contribution in [0.15, 0.2) is 4.76 Å². The van der Waals surface area contributed by atoms with Gasteiger partial charge < -0.3 is 15.4 Å². The number of amidine groups is 1. The highest BCUT2D eigenvalue weighted by Crippen LogP contribution is 2.41. The molecule has 0 aliphatic rings. The SMILES string of the molecule is CCN(C)CC(N)=NP(=O)(O)COC. The number of nitrogens with two attached hydrogens (primary N) is 1. The molecule has 0 saturated carbocycles. The van der Waals surface area contributed by atoms with Crippen LogP contribution < -0.4 is 5.73 Å². The standard InChI is InChI=1S/C7H18N3O3P/c1-4-10(2)5-7(8)9-14(11,12)6-13-3/h4-6H2,1-3H3,(H3,8,9,11,12). The van der Waals surface area contributed by atoms with Gasteiger partial charge in [0.2, 0.25) is 0 Å². The van der Waals surface area contributed by atoms with E-state index in [0.29, 0.717) is 6.54 Å². The molecule has 0 spiro atoms. The number of hydrogen-bond donors (Lipinski definition) is 2. The van der Waals surface area contributed by atoms with E-state index in [2.05, 4.69) is 9.50 Å². The van der Waals surface area contributed by atoms with Crippen LogP contribution in [0, 0.1) is 0 Å². The maximum Gasteiger partial charge on any atom is 0.338 e. The van der Waals surface area contributed by atoms with E-state index in [9.17, 15) is 9.46 Å². The van der Waals surface area contributed by atoms with Gasteiger partial charge in [-0.05, 0) is 13.6 Å². The van der Waals surface area contributed by atoms with E-state index in [-0.39, 0.29) is 12.2 Å². The molecule has 1 unspecified atom stereocenters. The summed E-state index contributed by atoms with van der Waals surface area (Å²) in [4.78, 5) is 11.1. The van der Waals surface area contributed by atoms with Crippen molar-refractivity contribution in [2.45, 2.75) is 6.92 Å². The molecule has 14 heavy (non-hydrogen) atoms. The first-order valence-corrected chi connectivity index (χ1v) is 6.05. The predicted molar refractivity (Wildman–Crippen MR) is 56.5 cm³/mol. The van der Waals surface area contributed by atoms with Gasteiger partial charge in [-0.3, -0.25) is 9.46 Å². The van der Waals surface area contributed by atoms with Crippen LogP contribution in [0.25, 0.3) is 0 Å². The summed E-state index contributed by atoms with van der Waals surface area (Å²) < 4.78 is 19.3. The summed E-state index contributed by atoms with van der Waals surface area (Å²) in [6.07, 6.45) is -0.302. The first-order valence-electron chi connectivity index (χ1n) is 4.25. The van der Waals surface area contributed by atoms with E-state index >= 15 is 0 Å². The number of hydrogen-bond acceptors (Lipinski definition) is 3. The Labute approximate surface area is 84.3 Å². The minimum Gasteiger partial charge on any atom is -0.386 e. The zero-order valence-electron chi connectivity index (χ0n) is 8.80. The van der Waals surface area contributed by atoms with Crippen molar-refractivity contribution in [1.82, 2.24) is 4.90 Å². The third-order valence-electron chi connectivity index (χ3n) is 1.55. The number of likely N-dealkylation sites (N-methyl/N-ethyl adjacent to an activating group) is 1. The minimum atomic E-state index is -3.60. The van der Waals surface area contributed by atoms with Crippen LogP contribution in [0.4, 0.5) is 0 Å². The lowest BCUT2D eigenvalue weighted by Gasteiger charge is -2.13. The maximum absolute atomic E-state index is 11.2. The van der Waals surface area contributed by atoms with Gasteiger partial charge in [0, 0.05) is 7.11 Å². The fourth-order valence-corrected chi connectivity index (χ4v) is 1.68. The summed E-state index contributed by atoms with van der Waals surface area (Å²) in [6.45, 7) is 3.14. The molecular formula is C7H18N3O3P.